The van der Waals surface area contributed by atoms with E-state index >= 15 is 0 Å². The first-order valence-corrected chi connectivity index (χ1v) is 6.51. The number of hydrogen-bond acceptors (Lipinski definition) is 4. The maximum atomic E-state index is 10.5. The quantitative estimate of drug-likeness (QED) is 0.262. The molecule has 1 aromatic heterocycles. The Hall–Kier alpha value is -1.89. The lowest BCUT2D eigenvalue weighted by Gasteiger charge is -2.22. The Bertz CT molecular complexity index is 463. The summed E-state index contributed by atoms with van der Waals surface area (Å²) < 4.78 is 4.93. The minimum atomic E-state index is -0.616. The molecule has 0 spiro atoms. The second-order valence-corrected chi connectivity index (χ2v) is 4.69. The summed E-state index contributed by atoms with van der Waals surface area (Å²) in [6, 6.07) is 2.66. The van der Waals surface area contributed by atoms with E-state index in [4.69, 9.17) is 9.52 Å². The van der Waals surface area contributed by atoms with Crippen molar-refractivity contribution in [3.8, 4) is 0 Å². The van der Waals surface area contributed by atoms with Crippen molar-refractivity contribution in [3.05, 3.63) is 28.0 Å². The molecule has 1 aliphatic rings. The van der Waals surface area contributed by atoms with Crippen LogP contribution >= 0.6 is 0 Å². The molecule has 1 fully saturated rings. The molecule has 0 radical (unpaired) electrons. The number of nitrogens with one attached hydrogen (secondary N) is 1. The predicted molar refractivity (Wildman–Crippen MR) is 69.8 cm³/mol. The Morgan fingerprint density at radius 1 is 1.42 bits per heavy atom. The summed E-state index contributed by atoms with van der Waals surface area (Å²) in [5.74, 6) is -0.221. The highest BCUT2D eigenvalue weighted by atomic mass is 16.6. The molecular formula is C12H19N3O4+2. The van der Waals surface area contributed by atoms with Gasteiger partial charge in [0.05, 0.1) is 32.2 Å². The van der Waals surface area contributed by atoms with E-state index in [1.807, 2.05) is 0 Å². The third kappa shape index (κ3) is 3.78. The molecule has 0 bridgehead atoms. The lowest BCUT2D eigenvalue weighted by atomic mass is 10.1. The Morgan fingerprint density at radius 2 is 2.16 bits per heavy atom. The molecule has 0 aliphatic carbocycles. The third-order valence-corrected chi connectivity index (χ3v) is 3.30. The SMILES string of the molecule is O=[N+]([O-])c1ccc(C([OH2+])=NCC[NH+]2CCCCC2)o1. The third-order valence-electron chi connectivity index (χ3n) is 3.30. The zero-order valence-corrected chi connectivity index (χ0v) is 10.7. The second kappa shape index (κ2) is 6.33. The molecule has 2 rings (SSSR count). The van der Waals surface area contributed by atoms with Crippen molar-refractivity contribution in [2.75, 3.05) is 26.2 Å². The van der Waals surface area contributed by atoms with Crippen LogP contribution in [0.4, 0.5) is 5.88 Å². The molecule has 7 nitrogen and oxygen atoms in total. The summed E-state index contributed by atoms with van der Waals surface area (Å²) in [5, 5.41) is 18.2. The predicted octanol–water partition coefficient (Wildman–Crippen LogP) is -0.272. The molecular weight excluding hydrogens is 250 g/mol. The van der Waals surface area contributed by atoms with E-state index in [2.05, 4.69) is 4.99 Å². The van der Waals surface area contributed by atoms with Crippen LogP contribution in [0.2, 0.25) is 0 Å². The van der Waals surface area contributed by atoms with Crippen molar-refractivity contribution in [1.82, 2.24) is 0 Å². The summed E-state index contributed by atoms with van der Waals surface area (Å²) in [6.07, 6.45) is 3.83. The van der Waals surface area contributed by atoms with Gasteiger partial charge in [-0.15, -0.1) is 0 Å². The lowest BCUT2D eigenvalue weighted by Crippen LogP contribution is -3.13. The Morgan fingerprint density at radius 3 is 2.79 bits per heavy atom. The first-order chi connectivity index (χ1) is 9.16. The van der Waals surface area contributed by atoms with Crippen molar-refractivity contribution >= 4 is 11.8 Å². The number of rotatable bonds is 5. The van der Waals surface area contributed by atoms with Crippen molar-refractivity contribution in [3.63, 3.8) is 0 Å². The normalized spacial score (nSPS) is 17.6. The zero-order valence-electron chi connectivity index (χ0n) is 10.7. The molecule has 1 aliphatic heterocycles. The Labute approximate surface area is 110 Å². The summed E-state index contributed by atoms with van der Waals surface area (Å²) in [7, 11) is 0. The number of piperidine rings is 1. The smallest absolute Gasteiger partial charge is 0.433 e. The van der Waals surface area contributed by atoms with Crippen LogP contribution in [-0.2, 0) is 0 Å². The monoisotopic (exact) mass is 269 g/mol. The molecule has 1 saturated heterocycles. The van der Waals surface area contributed by atoms with Gasteiger partial charge in [-0.25, -0.2) is 0 Å². The summed E-state index contributed by atoms with van der Waals surface area (Å²) in [6.45, 7) is 3.82. The molecule has 0 aromatic carbocycles. The van der Waals surface area contributed by atoms with Gasteiger partial charge < -0.3 is 14.4 Å². The van der Waals surface area contributed by atoms with Crippen LogP contribution in [0.5, 0.6) is 0 Å². The molecule has 19 heavy (non-hydrogen) atoms. The van der Waals surface area contributed by atoms with Crippen LogP contribution in [-0.4, -0.2) is 42.1 Å². The first-order valence-electron chi connectivity index (χ1n) is 6.51. The number of aliphatic imine (C=N–C) groups is 1. The highest BCUT2D eigenvalue weighted by Crippen LogP contribution is 2.15. The molecule has 2 heterocycles. The van der Waals surface area contributed by atoms with Gasteiger partial charge >= 0.3 is 11.8 Å². The van der Waals surface area contributed by atoms with Gasteiger partial charge in [-0.3, -0.25) is 10.1 Å². The van der Waals surface area contributed by atoms with Gasteiger partial charge in [0.25, 0.3) is 5.76 Å². The van der Waals surface area contributed by atoms with Crippen LogP contribution in [0, 0.1) is 10.1 Å². The van der Waals surface area contributed by atoms with Crippen LogP contribution in [0.25, 0.3) is 0 Å². The van der Waals surface area contributed by atoms with Gasteiger partial charge in [0.15, 0.2) is 0 Å². The molecule has 0 saturated carbocycles. The number of nitrogens with zero attached hydrogens (tertiary/aromatic N) is 2. The summed E-state index contributed by atoms with van der Waals surface area (Å²) >= 11 is 0. The van der Waals surface area contributed by atoms with Crippen molar-refractivity contribution < 1.29 is 19.3 Å². The number of furan rings is 1. The van der Waals surface area contributed by atoms with E-state index in [1.165, 1.54) is 49.4 Å². The van der Waals surface area contributed by atoms with Gasteiger partial charge in [0.2, 0.25) is 0 Å². The highest BCUT2D eigenvalue weighted by molar-refractivity contribution is 5.89. The van der Waals surface area contributed by atoms with Crippen molar-refractivity contribution in [2.45, 2.75) is 19.3 Å². The Kier molecular flexibility index (Phi) is 4.51. The molecule has 0 unspecified atom stereocenters. The van der Waals surface area contributed by atoms with Crippen LogP contribution in [0.3, 0.4) is 0 Å². The maximum Gasteiger partial charge on any atom is 0.433 e. The zero-order chi connectivity index (χ0) is 13.7. The molecule has 0 amide bonds. The average Bonchev–Trinajstić information content (AvgIpc) is 2.89. The molecule has 104 valence electrons. The number of nitro groups is 1. The topological polar surface area (TPSA) is 96.0 Å². The van der Waals surface area contributed by atoms with Gasteiger partial charge in [0.1, 0.15) is 4.92 Å². The summed E-state index contributed by atoms with van der Waals surface area (Å²) in [4.78, 5) is 15.5. The molecule has 1 aromatic rings. The lowest BCUT2D eigenvalue weighted by molar-refractivity contribution is -0.903. The number of quaternary nitrogens is 1. The Balaban J connectivity index is 1.85. The summed E-state index contributed by atoms with van der Waals surface area (Å²) in [5.41, 5.74) is 0. The average molecular weight is 269 g/mol. The van der Waals surface area contributed by atoms with E-state index in [9.17, 15) is 10.1 Å². The number of likely N-dealkylation sites (tertiary alicyclic amines) is 1. The van der Waals surface area contributed by atoms with Crippen molar-refractivity contribution in [1.29, 1.82) is 0 Å². The number of hydrogen-bond donors (Lipinski definition) is 1. The van der Waals surface area contributed by atoms with E-state index in [0.717, 1.165) is 6.54 Å². The van der Waals surface area contributed by atoms with Gasteiger partial charge in [-0.2, -0.15) is 4.99 Å². The van der Waals surface area contributed by atoms with Gasteiger partial charge in [0, 0.05) is 6.07 Å². The van der Waals surface area contributed by atoms with Gasteiger partial charge in [-0.05, 0) is 19.3 Å². The first kappa shape index (κ1) is 13.5. The second-order valence-electron chi connectivity index (χ2n) is 4.69. The van der Waals surface area contributed by atoms with E-state index in [1.54, 1.807) is 0 Å². The van der Waals surface area contributed by atoms with Crippen LogP contribution < -0.4 is 4.90 Å². The fourth-order valence-corrected chi connectivity index (χ4v) is 2.26. The fourth-order valence-electron chi connectivity index (χ4n) is 2.26. The highest BCUT2D eigenvalue weighted by Gasteiger charge is 2.19. The molecule has 0 atom stereocenters. The van der Waals surface area contributed by atoms with E-state index in [0.29, 0.717) is 6.54 Å². The standard InChI is InChI=1S/C12H17N3O4/c16-12(10-4-5-11(19-10)15(17)18)13-6-9-14-7-2-1-3-8-14/h4-5H,1-3,6-9H2,(H,13,16)/p+2. The van der Waals surface area contributed by atoms with E-state index in [-0.39, 0.29) is 17.5 Å². The minimum Gasteiger partial charge on any atom is -0.576 e. The van der Waals surface area contributed by atoms with Crippen LogP contribution in [0.1, 0.15) is 25.0 Å². The molecule has 3 N–H and O–H groups in total. The van der Waals surface area contributed by atoms with E-state index < -0.39 is 4.92 Å². The van der Waals surface area contributed by atoms with Gasteiger partial charge in [-0.1, -0.05) is 0 Å². The molecule has 7 heteroatoms. The van der Waals surface area contributed by atoms with Crippen LogP contribution in [0.15, 0.2) is 21.5 Å². The minimum absolute atomic E-state index is 0.0236. The van der Waals surface area contributed by atoms with Crippen molar-refractivity contribution in [2.24, 2.45) is 4.99 Å². The fraction of sp³-hybridized carbons (Fsp3) is 0.583. The largest absolute Gasteiger partial charge is 0.576 e. The maximum absolute atomic E-state index is 10.5.